The van der Waals surface area contributed by atoms with E-state index in [0.717, 1.165) is 24.1 Å². The maximum Gasteiger partial charge on any atom is 0.185 e. The number of anilines is 1. The maximum absolute atomic E-state index is 4.33. The highest BCUT2D eigenvalue weighted by molar-refractivity contribution is 7.15. The van der Waals surface area contributed by atoms with E-state index in [0.29, 0.717) is 0 Å². The smallest absolute Gasteiger partial charge is 0.185 e. The van der Waals surface area contributed by atoms with E-state index in [9.17, 15) is 0 Å². The van der Waals surface area contributed by atoms with Gasteiger partial charge in [-0.15, -0.1) is 23.7 Å². The van der Waals surface area contributed by atoms with E-state index in [-0.39, 0.29) is 12.4 Å². The lowest BCUT2D eigenvalue weighted by Gasteiger charge is -2.06. The van der Waals surface area contributed by atoms with Crippen LogP contribution in [0.15, 0.2) is 6.20 Å². The third-order valence-corrected chi connectivity index (χ3v) is 3.29. The molecule has 1 heterocycles. The molecule has 0 saturated carbocycles. The Kier molecular flexibility index (Phi) is 7.72. The Hall–Kier alpha value is -0.320. The van der Waals surface area contributed by atoms with Gasteiger partial charge >= 0.3 is 0 Å². The first-order chi connectivity index (χ1) is 7.09. The lowest BCUT2D eigenvalue weighted by Crippen LogP contribution is -2.15. The highest BCUT2D eigenvalue weighted by Crippen LogP contribution is 2.19. The minimum atomic E-state index is 0. The van der Waals surface area contributed by atoms with Gasteiger partial charge in [-0.3, -0.25) is 0 Å². The zero-order chi connectivity index (χ0) is 11.3. The molecule has 0 unspecified atom stereocenters. The molecule has 1 rings (SSSR count). The minimum absolute atomic E-state index is 0. The Labute approximate surface area is 109 Å². The van der Waals surface area contributed by atoms with Crippen molar-refractivity contribution in [3.8, 4) is 0 Å². The summed E-state index contributed by atoms with van der Waals surface area (Å²) in [6, 6.07) is 0. The number of rotatable bonds is 6. The quantitative estimate of drug-likeness (QED) is 0.800. The van der Waals surface area contributed by atoms with Crippen LogP contribution in [-0.2, 0) is 6.54 Å². The van der Waals surface area contributed by atoms with Crippen LogP contribution in [0.1, 0.15) is 25.1 Å². The number of hydrogen-bond donors (Lipinski definition) is 1. The Balaban J connectivity index is 0.00000225. The average Bonchev–Trinajstić information content (AvgIpc) is 2.60. The predicted octanol–water partition coefficient (Wildman–Crippen LogP) is 2.77. The van der Waals surface area contributed by atoms with Crippen molar-refractivity contribution in [1.29, 1.82) is 0 Å². The standard InChI is InChI=1S/C11H21N3S.ClH/c1-9(2)5-6-12-7-10-8-13-11(15-10)14(3)4;/h8-9,12H,5-7H2,1-4H3;1H. The van der Waals surface area contributed by atoms with Crippen LogP contribution < -0.4 is 10.2 Å². The molecule has 0 aliphatic carbocycles. The van der Waals surface area contributed by atoms with Gasteiger partial charge in [-0.1, -0.05) is 13.8 Å². The first kappa shape index (κ1) is 15.7. The number of aromatic nitrogens is 1. The second-order valence-electron chi connectivity index (χ2n) is 4.36. The van der Waals surface area contributed by atoms with Crippen LogP contribution in [0, 0.1) is 5.92 Å². The van der Waals surface area contributed by atoms with Crippen molar-refractivity contribution >= 4 is 28.9 Å². The first-order valence-corrected chi connectivity index (χ1v) is 6.24. The Morgan fingerprint density at radius 1 is 1.44 bits per heavy atom. The van der Waals surface area contributed by atoms with E-state index in [1.165, 1.54) is 11.3 Å². The molecule has 0 atom stereocenters. The molecule has 0 amide bonds. The lowest BCUT2D eigenvalue weighted by atomic mass is 10.1. The molecule has 16 heavy (non-hydrogen) atoms. The summed E-state index contributed by atoms with van der Waals surface area (Å²) in [5.41, 5.74) is 0. The van der Waals surface area contributed by atoms with Crippen LogP contribution in [0.25, 0.3) is 0 Å². The highest BCUT2D eigenvalue weighted by atomic mass is 35.5. The number of hydrogen-bond acceptors (Lipinski definition) is 4. The average molecular weight is 264 g/mol. The first-order valence-electron chi connectivity index (χ1n) is 5.42. The fourth-order valence-electron chi connectivity index (χ4n) is 1.19. The number of thiazole rings is 1. The van der Waals surface area contributed by atoms with Crippen molar-refractivity contribution < 1.29 is 0 Å². The fourth-order valence-corrected chi connectivity index (χ4v) is 1.99. The Morgan fingerprint density at radius 2 is 2.12 bits per heavy atom. The van der Waals surface area contributed by atoms with Crippen LogP contribution in [0.5, 0.6) is 0 Å². The molecule has 5 heteroatoms. The molecule has 0 aliphatic rings. The molecular weight excluding hydrogens is 242 g/mol. The van der Waals surface area contributed by atoms with Gasteiger partial charge in [0.05, 0.1) is 0 Å². The summed E-state index contributed by atoms with van der Waals surface area (Å²) in [5.74, 6) is 0.774. The maximum atomic E-state index is 4.33. The van der Waals surface area contributed by atoms with Crippen LogP contribution >= 0.6 is 23.7 Å². The van der Waals surface area contributed by atoms with Gasteiger partial charge < -0.3 is 10.2 Å². The van der Waals surface area contributed by atoms with Gasteiger partial charge in [-0.25, -0.2) is 4.98 Å². The normalized spacial score (nSPS) is 10.3. The molecule has 0 fully saturated rings. The second-order valence-corrected chi connectivity index (χ2v) is 5.46. The molecule has 3 nitrogen and oxygen atoms in total. The van der Waals surface area contributed by atoms with Crippen molar-refractivity contribution in [2.45, 2.75) is 26.8 Å². The third kappa shape index (κ3) is 5.68. The van der Waals surface area contributed by atoms with Gasteiger partial charge in [0.15, 0.2) is 5.13 Å². The van der Waals surface area contributed by atoms with Crippen LogP contribution in [-0.4, -0.2) is 25.6 Å². The zero-order valence-corrected chi connectivity index (χ0v) is 12.1. The fraction of sp³-hybridized carbons (Fsp3) is 0.727. The van der Waals surface area contributed by atoms with Crippen molar-refractivity contribution in [2.24, 2.45) is 5.92 Å². The highest BCUT2D eigenvalue weighted by Gasteiger charge is 2.02. The van der Waals surface area contributed by atoms with Gasteiger partial charge in [0.1, 0.15) is 0 Å². The molecule has 0 aromatic carbocycles. The zero-order valence-electron chi connectivity index (χ0n) is 10.5. The SMILES string of the molecule is CC(C)CCNCc1cnc(N(C)C)s1.Cl. The predicted molar refractivity (Wildman–Crippen MR) is 74.9 cm³/mol. The topological polar surface area (TPSA) is 28.2 Å². The van der Waals surface area contributed by atoms with Gasteiger partial charge in [-0.2, -0.15) is 0 Å². The van der Waals surface area contributed by atoms with Crippen molar-refractivity contribution in [3.63, 3.8) is 0 Å². The van der Waals surface area contributed by atoms with Gasteiger partial charge in [0.2, 0.25) is 0 Å². The van der Waals surface area contributed by atoms with E-state index >= 15 is 0 Å². The number of nitrogens with one attached hydrogen (secondary N) is 1. The third-order valence-electron chi connectivity index (χ3n) is 2.12. The van der Waals surface area contributed by atoms with Crippen molar-refractivity contribution in [2.75, 3.05) is 25.5 Å². The van der Waals surface area contributed by atoms with Crippen LogP contribution in [0.2, 0.25) is 0 Å². The molecule has 0 aliphatic heterocycles. The second kappa shape index (κ2) is 7.87. The lowest BCUT2D eigenvalue weighted by molar-refractivity contribution is 0.539. The van der Waals surface area contributed by atoms with Crippen molar-refractivity contribution in [1.82, 2.24) is 10.3 Å². The summed E-state index contributed by atoms with van der Waals surface area (Å²) >= 11 is 1.75. The molecule has 0 saturated heterocycles. The van der Waals surface area contributed by atoms with Crippen LogP contribution in [0.4, 0.5) is 5.13 Å². The number of nitrogens with zero attached hydrogens (tertiary/aromatic N) is 2. The van der Waals surface area contributed by atoms with E-state index in [4.69, 9.17) is 0 Å². The van der Waals surface area contributed by atoms with Crippen LogP contribution in [0.3, 0.4) is 0 Å². The molecular formula is C11H22ClN3S. The molecule has 0 radical (unpaired) electrons. The van der Waals surface area contributed by atoms with E-state index in [2.05, 4.69) is 24.1 Å². The number of halogens is 1. The minimum Gasteiger partial charge on any atom is -0.354 e. The monoisotopic (exact) mass is 263 g/mol. The van der Waals surface area contributed by atoms with Crippen molar-refractivity contribution in [3.05, 3.63) is 11.1 Å². The summed E-state index contributed by atoms with van der Waals surface area (Å²) in [5, 5.41) is 4.52. The summed E-state index contributed by atoms with van der Waals surface area (Å²) in [6.45, 7) is 6.53. The molecule has 0 bridgehead atoms. The molecule has 1 N–H and O–H groups in total. The summed E-state index contributed by atoms with van der Waals surface area (Å²) in [4.78, 5) is 7.69. The Morgan fingerprint density at radius 3 is 2.62 bits per heavy atom. The largest absolute Gasteiger partial charge is 0.354 e. The Bertz CT molecular complexity index is 287. The summed E-state index contributed by atoms with van der Waals surface area (Å²) in [7, 11) is 4.05. The molecule has 1 aromatic rings. The molecule has 1 aromatic heterocycles. The molecule has 0 spiro atoms. The van der Waals surface area contributed by atoms with Gasteiger partial charge in [0, 0.05) is 31.7 Å². The van der Waals surface area contributed by atoms with E-state index in [1.807, 2.05) is 25.2 Å². The summed E-state index contributed by atoms with van der Waals surface area (Å²) in [6.07, 6.45) is 3.20. The summed E-state index contributed by atoms with van der Waals surface area (Å²) < 4.78 is 0. The van der Waals surface area contributed by atoms with Gasteiger partial charge in [0.25, 0.3) is 0 Å². The van der Waals surface area contributed by atoms with Gasteiger partial charge in [-0.05, 0) is 18.9 Å². The van der Waals surface area contributed by atoms with E-state index in [1.54, 1.807) is 11.3 Å². The van der Waals surface area contributed by atoms with E-state index < -0.39 is 0 Å². The molecule has 94 valence electrons.